The van der Waals surface area contributed by atoms with Crippen molar-refractivity contribution in [2.45, 2.75) is 58.6 Å². The zero-order valence-electron chi connectivity index (χ0n) is 16.5. The van der Waals surface area contributed by atoms with Gasteiger partial charge in [0.2, 0.25) is 0 Å². The first kappa shape index (κ1) is 19.8. The van der Waals surface area contributed by atoms with Gasteiger partial charge in [0.1, 0.15) is 5.60 Å². The molecule has 4 nitrogen and oxygen atoms in total. The van der Waals surface area contributed by atoms with E-state index in [-0.39, 0.29) is 6.09 Å². The number of hydrogen-bond acceptors (Lipinski definition) is 3. The second kappa shape index (κ2) is 8.70. The predicted molar refractivity (Wildman–Crippen MR) is 103 cm³/mol. The van der Waals surface area contributed by atoms with E-state index in [1.54, 1.807) is 4.90 Å². The molecular formula is C21H34N2O2. The molecule has 0 N–H and O–H groups in total. The quantitative estimate of drug-likeness (QED) is 0.773. The fourth-order valence-corrected chi connectivity index (χ4v) is 3.63. The summed E-state index contributed by atoms with van der Waals surface area (Å²) in [4.78, 5) is 16.5. The first-order chi connectivity index (χ1) is 11.8. The number of carbonyl (C=O) groups is 1. The molecule has 1 aliphatic rings. The highest BCUT2D eigenvalue weighted by molar-refractivity contribution is 5.67. The maximum atomic E-state index is 12.1. The first-order valence-electron chi connectivity index (χ1n) is 9.53. The number of ether oxygens (including phenoxy) is 1. The van der Waals surface area contributed by atoms with Crippen LogP contribution in [0.4, 0.5) is 4.79 Å². The number of amides is 1. The molecule has 4 heteroatoms. The third kappa shape index (κ3) is 6.03. The van der Waals surface area contributed by atoms with E-state index < -0.39 is 5.60 Å². The number of nitrogens with zero attached hydrogens (tertiary/aromatic N) is 2. The van der Waals surface area contributed by atoms with E-state index >= 15 is 0 Å². The standard InChI is InChI=1S/C21H34N2O2/c1-6-19(18-10-8-7-9-11-18)23-14-12-17(13-15-23)16-22(5)20(24)25-21(2,3)4/h7-11,17,19H,6,12-16H2,1-5H3. The van der Waals surface area contributed by atoms with Crippen molar-refractivity contribution in [1.82, 2.24) is 9.80 Å². The molecule has 0 bridgehead atoms. The van der Waals surface area contributed by atoms with Gasteiger partial charge in [-0.25, -0.2) is 4.79 Å². The van der Waals surface area contributed by atoms with Crippen LogP contribution in [-0.2, 0) is 4.74 Å². The average Bonchev–Trinajstić information content (AvgIpc) is 2.56. The molecule has 1 atom stereocenters. The maximum Gasteiger partial charge on any atom is 0.410 e. The van der Waals surface area contributed by atoms with Crippen LogP contribution >= 0.6 is 0 Å². The Bertz CT molecular complexity index is 531. The number of benzene rings is 1. The lowest BCUT2D eigenvalue weighted by molar-refractivity contribution is 0.0240. The molecule has 1 saturated heterocycles. The minimum Gasteiger partial charge on any atom is -0.444 e. The second-order valence-corrected chi connectivity index (χ2v) is 8.17. The van der Waals surface area contributed by atoms with Gasteiger partial charge in [-0.05, 0) is 64.6 Å². The van der Waals surface area contributed by atoms with Gasteiger partial charge in [-0.15, -0.1) is 0 Å². The van der Waals surface area contributed by atoms with Crippen LogP contribution in [0.2, 0.25) is 0 Å². The van der Waals surface area contributed by atoms with Crippen LogP contribution in [0, 0.1) is 5.92 Å². The van der Waals surface area contributed by atoms with Crippen LogP contribution in [0.1, 0.15) is 58.6 Å². The fraction of sp³-hybridized carbons (Fsp3) is 0.667. The summed E-state index contributed by atoms with van der Waals surface area (Å²) >= 11 is 0. The van der Waals surface area contributed by atoms with Crippen molar-refractivity contribution in [2.75, 3.05) is 26.7 Å². The second-order valence-electron chi connectivity index (χ2n) is 8.17. The van der Waals surface area contributed by atoms with Crippen LogP contribution < -0.4 is 0 Å². The minimum atomic E-state index is -0.432. The summed E-state index contributed by atoms with van der Waals surface area (Å²) in [7, 11) is 1.85. The molecule has 140 valence electrons. The molecule has 0 aliphatic carbocycles. The lowest BCUT2D eigenvalue weighted by Gasteiger charge is -2.38. The van der Waals surface area contributed by atoms with Crippen molar-refractivity contribution < 1.29 is 9.53 Å². The van der Waals surface area contributed by atoms with Crippen LogP contribution in [0.25, 0.3) is 0 Å². The van der Waals surface area contributed by atoms with Gasteiger partial charge in [-0.2, -0.15) is 0 Å². The number of carbonyl (C=O) groups excluding carboxylic acids is 1. The first-order valence-corrected chi connectivity index (χ1v) is 9.53. The summed E-state index contributed by atoms with van der Waals surface area (Å²) in [5.74, 6) is 0.557. The van der Waals surface area contributed by atoms with Crippen LogP contribution in [0.15, 0.2) is 30.3 Å². The number of likely N-dealkylation sites (tertiary alicyclic amines) is 1. The molecule has 1 aromatic carbocycles. The lowest BCUT2D eigenvalue weighted by Crippen LogP contribution is -2.42. The zero-order chi connectivity index (χ0) is 18.4. The highest BCUT2D eigenvalue weighted by atomic mass is 16.6. The minimum absolute atomic E-state index is 0.217. The van der Waals surface area contributed by atoms with E-state index in [1.807, 2.05) is 27.8 Å². The van der Waals surface area contributed by atoms with E-state index in [0.717, 1.165) is 38.9 Å². The molecule has 1 unspecified atom stereocenters. The van der Waals surface area contributed by atoms with Gasteiger partial charge in [0, 0.05) is 19.6 Å². The van der Waals surface area contributed by atoms with Crippen molar-refractivity contribution in [3.05, 3.63) is 35.9 Å². The number of rotatable bonds is 5. The lowest BCUT2D eigenvalue weighted by atomic mass is 9.93. The van der Waals surface area contributed by atoms with Gasteiger partial charge >= 0.3 is 6.09 Å². The molecule has 25 heavy (non-hydrogen) atoms. The SMILES string of the molecule is CCC(c1ccccc1)N1CCC(CN(C)C(=O)OC(C)(C)C)CC1. The van der Waals surface area contributed by atoms with Gasteiger partial charge in [-0.3, -0.25) is 4.90 Å². The smallest absolute Gasteiger partial charge is 0.410 e. The topological polar surface area (TPSA) is 32.8 Å². The van der Waals surface area contributed by atoms with E-state index in [2.05, 4.69) is 42.2 Å². The Kier molecular flexibility index (Phi) is 6.88. The molecular weight excluding hydrogens is 312 g/mol. The normalized spacial score (nSPS) is 18.0. The highest BCUT2D eigenvalue weighted by Crippen LogP contribution is 2.29. The molecule has 0 aromatic heterocycles. The molecule has 0 spiro atoms. The van der Waals surface area contributed by atoms with E-state index in [4.69, 9.17) is 4.74 Å². The molecule has 1 aliphatic heterocycles. The fourth-order valence-electron chi connectivity index (χ4n) is 3.63. The van der Waals surface area contributed by atoms with Gasteiger partial charge in [0.25, 0.3) is 0 Å². The largest absolute Gasteiger partial charge is 0.444 e. The summed E-state index contributed by atoms with van der Waals surface area (Å²) in [5, 5.41) is 0. The van der Waals surface area contributed by atoms with Gasteiger partial charge in [0.05, 0.1) is 0 Å². The predicted octanol–water partition coefficient (Wildman–Crippen LogP) is 4.72. The number of hydrogen-bond donors (Lipinski definition) is 0. The molecule has 0 radical (unpaired) electrons. The Balaban J connectivity index is 1.84. The maximum absolute atomic E-state index is 12.1. The summed E-state index contributed by atoms with van der Waals surface area (Å²) in [6, 6.07) is 11.3. The molecule has 1 aromatic rings. The average molecular weight is 347 g/mol. The molecule has 1 heterocycles. The van der Waals surface area contributed by atoms with E-state index in [1.165, 1.54) is 5.56 Å². The Hall–Kier alpha value is -1.55. The molecule has 0 saturated carbocycles. The van der Waals surface area contributed by atoms with Crippen molar-refractivity contribution >= 4 is 6.09 Å². The monoisotopic (exact) mass is 346 g/mol. The van der Waals surface area contributed by atoms with Gasteiger partial charge in [0.15, 0.2) is 0 Å². The van der Waals surface area contributed by atoms with E-state index in [0.29, 0.717) is 12.0 Å². The summed E-state index contributed by atoms with van der Waals surface area (Å²) < 4.78 is 5.45. The van der Waals surface area contributed by atoms with Crippen molar-refractivity contribution in [1.29, 1.82) is 0 Å². The van der Waals surface area contributed by atoms with Gasteiger partial charge in [-0.1, -0.05) is 37.3 Å². The molecule has 1 fully saturated rings. The van der Waals surface area contributed by atoms with Crippen LogP contribution in [0.3, 0.4) is 0 Å². The molecule has 2 rings (SSSR count). The Morgan fingerprint density at radius 1 is 1.24 bits per heavy atom. The summed E-state index contributed by atoms with van der Waals surface area (Å²) in [6.07, 6.45) is 3.19. The third-order valence-corrected chi connectivity index (χ3v) is 4.90. The Morgan fingerprint density at radius 3 is 2.36 bits per heavy atom. The van der Waals surface area contributed by atoms with Crippen molar-refractivity contribution in [3.8, 4) is 0 Å². The summed E-state index contributed by atoms with van der Waals surface area (Å²) in [6.45, 7) is 11.0. The highest BCUT2D eigenvalue weighted by Gasteiger charge is 2.27. The number of piperidine rings is 1. The van der Waals surface area contributed by atoms with Crippen molar-refractivity contribution in [2.24, 2.45) is 5.92 Å². The summed E-state index contributed by atoms with van der Waals surface area (Å²) in [5.41, 5.74) is 0.980. The Labute approximate surface area is 153 Å². The van der Waals surface area contributed by atoms with Crippen LogP contribution in [-0.4, -0.2) is 48.2 Å². The van der Waals surface area contributed by atoms with E-state index in [9.17, 15) is 4.79 Å². The third-order valence-electron chi connectivity index (χ3n) is 4.90. The zero-order valence-corrected chi connectivity index (χ0v) is 16.5. The molecule has 1 amide bonds. The van der Waals surface area contributed by atoms with Crippen LogP contribution in [0.5, 0.6) is 0 Å². The van der Waals surface area contributed by atoms with Gasteiger partial charge < -0.3 is 9.64 Å². The Morgan fingerprint density at radius 2 is 1.84 bits per heavy atom. The van der Waals surface area contributed by atoms with Crippen molar-refractivity contribution in [3.63, 3.8) is 0 Å².